The van der Waals surface area contributed by atoms with Crippen molar-refractivity contribution in [2.75, 3.05) is 31.6 Å². The normalized spacial score (nSPS) is 27.4. The van der Waals surface area contributed by atoms with Crippen molar-refractivity contribution in [3.05, 3.63) is 41.7 Å². The van der Waals surface area contributed by atoms with Crippen molar-refractivity contribution >= 4 is 5.82 Å². The van der Waals surface area contributed by atoms with Crippen molar-refractivity contribution in [3.8, 4) is 11.3 Å². The van der Waals surface area contributed by atoms with Gasteiger partial charge in [0.15, 0.2) is 11.6 Å². The maximum absolute atomic E-state index is 14.0. The minimum Gasteiger partial charge on any atom is -0.381 e. The molecule has 2 aliphatic heterocycles. The van der Waals surface area contributed by atoms with Crippen LogP contribution in [0.3, 0.4) is 0 Å². The molecule has 0 unspecified atom stereocenters. The van der Waals surface area contributed by atoms with Gasteiger partial charge in [0.2, 0.25) is 0 Å². The van der Waals surface area contributed by atoms with E-state index in [4.69, 9.17) is 4.74 Å². The van der Waals surface area contributed by atoms with Gasteiger partial charge in [-0.25, -0.2) is 13.2 Å². The Morgan fingerprint density at radius 3 is 2.37 bits per heavy atom. The van der Waals surface area contributed by atoms with Crippen molar-refractivity contribution in [2.45, 2.75) is 37.8 Å². The Labute approximate surface area is 173 Å². The van der Waals surface area contributed by atoms with Gasteiger partial charge in [-0.15, -0.1) is 10.2 Å². The second-order valence-corrected chi connectivity index (χ2v) is 8.68. The fraction of sp³-hybridized carbons (Fsp3) is 0.545. The number of fused-ring (bicyclic) bond motifs is 1. The largest absolute Gasteiger partial charge is 0.381 e. The molecule has 3 atom stereocenters. The summed E-state index contributed by atoms with van der Waals surface area (Å²) < 4.78 is 46.3. The van der Waals surface area contributed by atoms with Crippen LogP contribution in [-0.2, 0) is 4.74 Å². The highest BCUT2D eigenvalue weighted by Crippen LogP contribution is 2.40. The van der Waals surface area contributed by atoms with Gasteiger partial charge in [-0.05, 0) is 55.7 Å². The van der Waals surface area contributed by atoms with Crippen LogP contribution in [0.4, 0.5) is 19.0 Å². The van der Waals surface area contributed by atoms with E-state index in [1.165, 1.54) is 6.07 Å². The van der Waals surface area contributed by atoms with E-state index in [1.807, 2.05) is 0 Å². The first-order valence-electron chi connectivity index (χ1n) is 10.6. The molecule has 2 aromatic rings. The highest BCUT2D eigenvalue weighted by atomic mass is 19.2. The molecule has 30 heavy (non-hydrogen) atoms. The molecule has 0 bridgehead atoms. The molecule has 1 aliphatic carbocycles. The molecule has 3 fully saturated rings. The minimum absolute atomic E-state index is 0.104. The summed E-state index contributed by atoms with van der Waals surface area (Å²) in [5, 5.41) is 11.5. The Balaban J connectivity index is 1.19. The van der Waals surface area contributed by atoms with Crippen molar-refractivity contribution in [1.29, 1.82) is 0 Å². The number of hydrogen-bond donors (Lipinski definition) is 1. The molecule has 160 valence electrons. The number of hydrogen-bond acceptors (Lipinski definition) is 5. The summed E-state index contributed by atoms with van der Waals surface area (Å²) in [5.41, 5.74) is -0.123. The SMILES string of the molecule is Fc1cc(F)c(F)c(-c2ccc(N[C@H]3C[C@@H]4CN(C5CCOCC5)C[C@@H]4C3)nn2)c1. The van der Waals surface area contributed by atoms with Gasteiger partial charge in [-0.3, -0.25) is 4.90 Å². The lowest BCUT2D eigenvalue weighted by molar-refractivity contribution is 0.0396. The summed E-state index contributed by atoms with van der Waals surface area (Å²) in [6, 6.07) is 5.67. The molecule has 0 spiro atoms. The van der Waals surface area contributed by atoms with Gasteiger partial charge in [-0.1, -0.05) is 0 Å². The Morgan fingerprint density at radius 2 is 1.70 bits per heavy atom. The Bertz CT molecular complexity index is 890. The highest BCUT2D eigenvalue weighted by molar-refractivity contribution is 5.60. The summed E-state index contributed by atoms with van der Waals surface area (Å²) in [7, 11) is 0. The summed E-state index contributed by atoms with van der Waals surface area (Å²) in [6.45, 7) is 4.06. The quantitative estimate of drug-likeness (QED) is 0.765. The van der Waals surface area contributed by atoms with Crippen LogP contribution < -0.4 is 5.32 Å². The zero-order valence-electron chi connectivity index (χ0n) is 16.7. The molecule has 0 amide bonds. The summed E-state index contributed by atoms with van der Waals surface area (Å²) in [5.74, 6) is -1.21. The first kappa shape index (κ1) is 19.8. The van der Waals surface area contributed by atoms with Crippen LogP contribution in [0, 0.1) is 29.3 Å². The van der Waals surface area contributed by atoms with Gasteiger partial charge in [-0.2, -0.15) is 0 Å². The van der Waals surface area contributed by atoms with Gasteiger partial charge in [0.25, 0.3) is 0 Å². The third-order valence-electron chi connectivity index (χ3n) is 6.77. The van der Waals surface area contributed by atoms with E-state index in [1.54, 1.807) is 6.07 Å². The molecule has 2 saturated heterocycles. The van der Waals surface area contributed by atoms with Crippen molar-refractivity contribution < 1.29 is 17.9 Å². The Kier molecular flexibility index (Phi) is 5.37. The van der Waals surface area contributed by atoms with Crippen LogP contribution in [0.15, 0.2) is 24.3 Å². The average Bonchev–Trinajstić information content (AvgIpc) is 3.31. The number of ether oxygens (including phenoxy) is 1. The summed E-state index contributed by atoms with van der Waals surface area (Å²) >= 11 is 0. The zero-order valence-corrected chi connectivity index (χ0v) is 16.7. The molecular weight excluding hydrogens is 393 g/mol. The number of benzene rings is 1. The average molecular weight is 418 g/mol. The predicted octanol–water partition coefficient (Wildman–Crippen LogP) is 3.86. The van der Waals surface area contributed by atoms with Gasteiger partial charge in [0.05, 0.1) is 5.69 Å². The molecule has 5 rings (SSSR count). The van der Waals surface area contributed by atoms with E-state index >= 15 is 0 Å². The van der Waals surface area contributed by atoms with E-state index in [0.717, 1.165) is 58.1 Å². The zero-order chi connectivity index (χ0) is 20.7. The number of anilines is 1. The van der Waals surface area contributed by atoms with E-state index in [9.17, 15) is 13.2 Å². The Hall–Kier alpha value is -2.19. The van der Waals surface area contributed by atoms with Crippen LogP contribution in [0.2, 0.25) is 0 Å². The van der Waals surface area contributed by atoms with E-state index in [2.05, 4.69) is 20.4 Å². The summed E-state index contributed by atoms with van der Waals surface area (Å²) in [6.07, 6.45) is 4.47. The fourth-order valence-corrected chi connectivity index (χ4v) is 5.31. The highest BCUT2D eigenvalue weighted by Gasteiger charge is 2.42. The first-order chi connectivity index (χ1) is 14.6. The van der Waals surface area contributed by atoms with E-state index in [-0.39, 0.29) is 11.3 Å². The van der Waals surface area contributed by atoms with Crippen LogP contribution >= 0.6 is 0 Å². The first-order valence-corrected chi connectivity index (χ1v) is 10.6. The van der Waals surface area contributed by atoms with Gasteiger partial charge >= 0.3 is 0 Å². The number of nitrogens with one attached hydrogen (secondary N) is 1. The van der Waals surface area contributed by atoms with Gasteiger partial charge < -0.3 is 10.1 Å². The lowest BCUT2D eigenvalue weighted by Crippen LogP contribution is -2.39. The van der Waals surface area contributed by atoms with Crippen LogP contribution in [0.1, 0.15) is 25.7 Å². The third-order valence-corrected chi connectivity index (χ3v) is 6.77. The molecule has 1 N–H and O–H groups in total. The molecular formula is C22H25F3N4O. The van der Waals surface area contributed by atoms with Crippen LogP contribution in [0.25, 0.3) is 11.3 Å². The number of nitrogens with zero attached hydrogens (tertiary/aromatic N) is 3. The topological polar surface area (TPSA) is 50.3 Å². The second kappa shape index (κ2) is 8.15. The second-order valence-electron chi connectivity index (χ2n) is 8.68. The standard InChI is InChI=1S/C22H25F3N4O/c23-15-9-18(22(25)19(24)10-15)20-1-2-21(28-27-20)26-16-7-13-11-29(12-14(13)8-16)17-3-5-30-6-4-17/h1-2,9-10,13-14,16-17H,3-8,11-12H2,(H,26,28)/t13-,14+,16+. The summed E-state index contributed by atoms with van der Waals surface area (Å²) in [4.78, 5) is 2.65. The Morgan fingerprint density at radius 1 is 0.967 bits per heavy atom. The number of halogens is 3. The lowest BCUT2D eigenvalue weighted by Gasteiger charge is -2.32. The molecule has 1 aromatic heterocycles. The van der Waals surface area contributed by atoms with Crippen molar-refractivity contribution in [3.63, 3.8) is 0 Å². The van der Waals surface area contributed by atoms with Gasteiger partial charge in [0.1, 0.15) is 11.6 Å². The maximum atomic E-state index is 14.0. The number of aromatic nitrogens is 2. The predicted molar refractivity (Wildman–Crippen MR) is 106 cm³/mol. The molecule has 0 radical (unpaired) electrons. The molecule has 5 nitrogen and oxygen atoms in total. The number of likely N-dealkylation sites (tertiary alicyclic amines) is 1. The van der Waals surface area contributed by atoms with Gasteiger partial charge in [0, 0.05) is 50.0 Å². The van der Waals surface area contributed by atoms with Crippen molar-refractivity contribution in [2.24, 2.45) is 11.8 Å². The molecule has 3 aliphatic rings. The van der Waals surface area contributed by atoms with Crippen molar-refractivity contribution in [1.82, 2.24) is 15.1 Å². The maximum Gasteiger partial charge on any atom is 0.168 e. The molecule has 1 aromatic carbocycles. The molecule has 3 heterocycles. The monoisotopic (exact) mass is 418 g/mol. The lowest BCUT2D eigenvalue weighted by atomic mass is 10.0. The van der Waals surface area contributed by atoms with Crippen LogP contribution in [-0.4, -0.2) is 53.5 Å². The molecule has 1 saturated carbocycles. The third kappa shape index (κ3) is 3.90. The minimum atomic E-state index is -1.23. The van der Waals surface area contributed by atoms with Crippen LogP contribution in [0.5, 0.6) is 0 Å². The fourth-order valence-electron chi connectivity index (χ4n) is 5.31. The van der Waals surface area contributed by atoms with E-state index < -0.39 is 17.5 Å². The smallest absolute Gasteiger partial charge is 0.168 e. The molecule has 8 heteroatoms. The van der Waals surface area contributed by atoms with E-state index in [0.29, 0.717) is 35.8 Å². The number of rotatable bonds is 4.